The third-order valence-corrected chi connectivity index (χ3v) is 7.29. The highest BCUT2D eigenvalue weighted by molar-refractivity contribution is 7.89. The van der Waals surface area contributed by atoms with Crippen molar-refractivity contribution in [1.29, 1.82) is 0 Å². The van der Waals surface area contributed by atoms with Crippen molar-refractivity contribution in [2.75, 3.05) is 0 Å². The number of amides is 1. The van der Waals surface area contributed by atoms with E-state index in [1.165, 1.54) is 19.1 Å². The molecule has 0 spiro atoms. The van der Waals surface area contributed by atoms with Gasteiger partial charge < -0.3 is 10.1 Å². The van der Waals surface area contributed by atoms with E-state index in [2.05, 4.69) is 10.0 Å². The van der Waals surface area contributed by atoms with Gasteiger partial charge in [-0.1, -0.05) is 91.0 Å². The summed E-state index contributed by atoms with van der Waals surface area (Å²) in [7, 11) is -4.28. The minimum absolute atomic E-state index is 0.0702. The van der Waals surface area contributed by atoms with Crippen LogP contribution in [0.5, 0.6) is 0 Å². The van der Waals surface area contributed by atoms with Crippen molar-refractivity contribution in [3.8, 4) is 0 Å². The van der Waals surface area contributed by atoms with Crippen LogP contribution in [0.25, 0.3) is 10.8 Å². The number of benzene rings is 4. The lowest BCUT2D eigenvalue weighted by atomic mass is 10.0. The average Bonchev–Trinajstić information content (AvgIpc) is 2.90. The van der Waals surface area contributed by atoms with Crippen molar-refractivity contribution in [2.45, 2.75) is 30.5 Å². The van der Waals surface area contributed by atoms with Crippen LogP contribution >= 0.6 is 0 Å². The Kier molecular flexibility index (Phi) is 7.47. The van der Waals surface area contributed by atoms with Gasteiger partial charge in [0.05, 0.1) is 4.90 Å². The molecule has 0 heterocycles. The summed E-state index contributed by atoms with van der Waals surface area (Å²) in [6.45, 7) is 1.21. The molecule has 0 saturated carbocycles. The molecule has 8 heteroatoms. The fourth-order valence-corrected chi connectivity index (χ4v) is 5.03. The number of ether oxygens (including phenoxy) is 1. The zero-order valence-corrected chi connectivity index (χ0v) is 20.5. The number of nitrogens with one attached hydrogen (secondary N) is 2. The molecule has 0 aromatic heterocycles. The lowest BCUT2D eigenvalue weighted by Gasteiger charge is -2.27. The molecule has 7 nitrogen and oxygen atoms in total. The largest absolute Gasteiger partial charge is 0.459 e. The van der Waals surface area contributed by atoms with Crippen LogP contribution < -0.4 is 10.0 Å². The Morgan fingerprint density at radius 1 is 0.778 bits per heavy atom. The van der Waals surface area contributed by atoms with Gasteiger partial charge in [0.15, 0.2) is 0 Å². The number of carbonyl (C=O) groups excluding carboxylic acids is 2. The summed E-state index contributed by atoms with van der Waals surface area (Å²) in [6.07, 6.45) is 0. The molecular weight excluding hydrogens is 476 g/mol. The Labute approximate surface area is 210 Å². The van der Waals surface area contributed by atoms with Crippen molar-refractivity contribution in [3.63, 3.8) is 0 Å². The van der Waals surface area contributed by atoms with Crippen LogP contribution in [0.1, 0.15) is 18.1 Å². The van der Waals surface area contributed by atoms with Crippen LogP contribution in [-0.2, 0) is 37.5 Å². The zero-order chi connectivity index (χ0) is 25.6. The number of hydrogen-bond donors (Lipinski definition) is 2. The van der Waals surface area contributed by atoms with E-state index in [-0.39, 0.29) is 18.0 Å². The first-order valence-corrected chi connectivity index (χ1v) is 12.8. The summed E-state index contributed by atoms with van der Waals surface area (Å²) in [5.41, 5.74) is -0.716. The molecule has 4 rings (SSSR count). The van der Waals surface area contributed by atoms with Crippen LogP contribution in [0.2, 0.25) is 0 Å². The van der Waals surface area contributed by atoms with Gasteiger partial charge in [-0.2, -0.15) is 4.72 Å². The van der Waals surface area contributed by atoms with Gasteiger partial charge in [0, 0.05) is 6.54 Å². The Morgan fingerprint density at radius 3 is 2.03 bits per heavy atom. The first-order valence-electron chi connectivity index (χ1n) is 11.3. The van der Waals surface area contributed by atoms with Crippen LogP contribution in [-0.4, -0.2) is 25.8 Å². The molecular formula is C28H26N2O5S. The monoisotopic (exact) mass is 502 g/mol. The number of fused-ring (bicyclic) bond motifs is 1. The van der Waals surface area contributed by atoms with Gasteiger partial charge in [-0.3, -0.25) is 4.79 Å². The lowest BCUT2D eigenvalue weighted by molar-refractivity contribution is -0.155. The van der Waals surface area contributed by atoms with E-state index in [4.69, 9.17) is 4.74 Å². The minimum Gasteiger partial charge on any atom is -0.459 e. The fraction of sp³-hybridized carbons (Fsp3) is 0.143. The van der Waals surface area contributed by atoms with E-state index in [0.29, 0.717) is 10.9 Å². The number of rotatable bonds is 9. The molecule has 4 aromatic carbocycles. The highest BCUT2D eigenvalue weighted by Crippen LogP contribution is 2.21. The number of sulfonamides is 1. The third kappa shape index (κ3) is 5.79. The summed E-state index contributed by atoms with van der Waals surface area (Å²) < 4.78 is 34.4. The number of hydrogen-bond acceptors (Lipinski definition) is 5. The van der Waals surface area contributed by atoms with Crippen molar-refractivity contribution in [3.05, 3.63) is 114 Å². The molecule has 184 valence electrons. The minimum atomic E-state index is -4.28. The Hall–Kier alpha value is -4.01. The van der Waals surface area contributed by atoms with Crippen molar-refractivity contribution < 1.29 is 22.7 Å². The third-order valence-electron chi connectivity index (χ3n) is 5.74. The van der Waals surface area contributed by atoms with Gasteiger partial charge in [0.2, 0.25) is 15.6 Å². The van der Waals surface area contributed by atoms with Gasteiger partial charge in [0.25, 0.3) is 5.91 Å². The van der Waals surface area contributed by atoms with Gasteiger partial charge in [-0.15, -0.1) is 0 Å². The topological polar surface area (TPSA) is 102 Å². The second kappa shape index (κ2) is 10.7. The molecule has 0 aliphatic heterocycles. The standard InChI is InChI=1S/C28H26N2O5S/c1-28(26(31)29-19-21-10-4-2-5-11-21,27(32)35-20-22-12-6-3-7-13-22)30-36(33,34)25-17-16-23-14-8-9-15-24(23)18-25/h2-18,30H,19-20H2,1H3,(H,29,31). The highest BCUT2D eigenvalue weighted by Gasteiger charge is 2.46. The molecule has 1 amide bonds. The van der Waals surface area contributed by atoms with Crippen molar-refractivity contribution >= 4 is 32.7 Å². The first kappa shape index (κ1) is 25.1. The van der Waals surface area contributed by atoms with Crippen LogP contribution in [0.15, 0.2) is 108 Å². The Balaban J connectivity index is 1.60. The van der Waals surface area contributed by atoms with E-state index in [1.54, 1.807) is 42.5 Å². The van der Waals surface area contributed by atoms with Crippen molar-refractivity contribution in [1.82, 2.24) is 10.0 Å². The summed E-state index contributed by atoms with van der Waals surface area (Å²) in [5.74, 6) is -1.84. The van der Waals surface area contributed by atoms with Gasteiger partial charge in [-0.25, -0.2) is 13.2 Å². The maximum Gasteiger partial charge on any atom is 0.337 e. The van der Waals surface area contributed by atoms with Crippen molar-refractivity contribution in [2.24, 2.45) is 0 Å². The quantitative estimate of drug-likeness (QED) is 0.267. The van der Waals surface area contributed by atoms with E-state index in [9.17, 15) is 18.0 Å². The molecule has 1 unspecified atom stereocenters. The second-order valence-electron chi connectivity index (χ2n) is 8.47. The van der Waals surface area contributed by atoms with Gasteiger partial charge in [-0.05, 0) is 41.0 Å². The molecule has 0 aliphatic carbocycles. The van der Waals surface area contributed by atoms with E-state index in [0.717, 1.165) is 10.9 Å². The molecule has 0 radical (unpaired) electrons. The number of carbonyl (C=O) groups is 2. The SMILES string of the molecule is CC(NS(=O)(=O)c1ccc2ccccc2c1)(C(=O)NCc1ccccc1)C(=O)OCc1ccccc1. The normalized spacial score (nSPS) is 13.0. The molecule has 0 fully saturated rings. The lowest BCUT2D eigenvalue weighted by Crippen LogP contribution is -2.62. The molecule has 0 bridgehead atoms. The molecule has 36 heavy (non-hydrogen) atoms. The summed E-state index contributed by atoms with van der Waals surface area (Å²) in [5, 5.41) is 4.23. The molecule has 0 saturated heterocycles. The predicted molar refractivity (Wildman–Crippen MR) is 137 cm³/mol. The van der Waals surface area contributed by atoms with Gasteiger partial charge in [0.1, 0.15) is 6.61 Å². The molecule has 4 aromatic rings. The fourth-order valence-electron chi connectivity index (χ4n) is 3.67. The maximum atomic E-state index is 13.3. The molecule has 0 aliphatic rings. The van der Waals surface area contributed by atoms with Gasteiger partial charge >= 0.3 is 5.97 Å². The first-order chi connectivity index (χ1) is 17.3. The molecule has 1 atom stereocenters. The zero-order valence-electron chi connectivity index (χ0n) is 19.7. The average molecular weight is 503 g/mol. The Bertz CT molecular complexity index is 1420. The summed E-state index contributed by atoms with van der Waals surface area (Å²) >= 11 is 0. The second-order valence-corrected chi connectivity index (χ2v) is 10.2. The van der Waals surface area contributed by atoms with E-state index < -0.39 is 27.4 Å². The van der Waals surface area contributed by atoms with E-state index in [1.807, 2.05) is 48.5 Å². The summed E-state index contributed by atoms with van der Waals surface area (Å²) in [6, 6.07) is 29.9. The van der Waals surface area contributed by atoms with Crippen LogP contribution in [0, 0.1) is 0 Å². The van der Waals surface area contributed by atoms with Crippen LogP contribution in [0.3, 0.4) is 0 Å². The van der Waals surface area contributed by atoms with E-state index >= 15 is 0 Å². The smallest absolute Gasteiger partial charge is 0.337 e. The highest BCUT2D eigenvalue weighted by atomic mass is 32.2. The Morgan fingerprint density at radius 2 is 1.36 bits per heavy atom. The van der Waals surface area contributed by atoms with Crippen LogP contribution in [0.4, 0.5) is 0 Å². The number of esters is 1. The predicted octanol–water partition coefficient (Wildman–Crippen LogP) is 3.94. The molecule has 2 N–H and O–H groups in total. The maximum absolute atomic E-state index is 13.3. The summed E-state index contributed by atoms with van der Waals surface area (Å²) in [4.78, 5) is 26.4.